The van der Waals surface area contributed by atoms with Gasteiger partial charge >= 0.3 is 0 Å². The Morgan fingerprint density at radius 2 is 2.13 bits per heavy atom. The fourth-order valence-electron chi connectivity index (χ4n) is 3.18. The van der Waals surface area contributed by atoms with Crippen LogP contribution in [0.2, 0.25) is 0 Å². The van der Waals surface area contributed by atoms with Crippen LogP contribution < -0.4 is 11.1 Å². The summed E-state index contributed by atoms with van der Waals surface area (Å²) < 4.78 is 15.6. The van der Waals surface area contributed by atoms with Crippen LogP contribution in [0.15, 0.2) is 30.7 Å². The molecule has 0 bridgehead atoms. The number of fused-ring (bicyclic) bond motifs is 1. The van der Waals surface area contributed by atoms with Gasteiger partial charge in [-0.1, -0.05) is 5.21 Å². The van der Waals surface area contributed by atoms with Crippen LogP contribution in [-0.2, 0) is 6.54 Å². The molecule has 31 heavy (non-hydrogen) atoms. The van der Waals surface area contributed by atoms with Gasteiger partial charge in [0.1, 0.15) is 17.6 Å². The molecule has 0 spiro atoms. The number of nitrogens with two attached hydrogens (primary N) is 1. The van der Waals surface area contributed by atoms with Gasteiger partial charge in [-0.15, -0.1) is 5.10 Å². The average Bonchev–Trinajstić information content (AvgIpc) is 3.38. The topological polar surface area (TPSA) is 136 Å². The van der Waals surface area contributed by atoms with Crippen molar-refractivity contribution in [2.75, 3.05) is 17.7 Å². The van der Waals surface area contributed by atoms with Crippen LogP contribution in [0.1, 0.15) is 25.8 Å². The summed E-state index contributed by atoms with van der Waals surface area (Å²) in [5, 5.41) is 25.9. The molecule has 4 rings (SSSR count). The normalized spacial score (nSPS) is 11.2. The Bertz CT molecular complexity index is 1270. The Balaban J connectivity index is 1.77. The van der Waals surface area contributed by atoms with Gasteiger partial charge < -0.3 is 11.1 Å². The van der Waals surface area contributed by atoms with Gasteiger partial charge in [0.2, 0.25) is 0 Å². The lowest BCUT2D eigenvalue weighted by Crippen LogP contribution is -2.12. The second-order valence-electron chi connectivity index (χ2n) is 7.30. The van der Waals surface area contributed by atoms with Crippen molar-refractivity contribution in [3.63, 3.8) is 0 Å². The third-order valence-corrected chi connectivity index (χ3v) is 4.58. The number of hydrogen-bond acceptors (Lipinski definition) is 8. The number of alkyl halides is 1. The molecule has 0 aromatic carbocycles. The number of hydrogen-bond donors (Lipinski definition) is 2. The number of halogens is 1. The molecule has 3 N–H and O–H groups in total. The first-order valence-electron chi connectivity index (χ1n) is 9.78. The summed E-state index contributed by atoms with van der Waals surface area (Å²) >= 11 is 0. The minimum atomic E-state index is -0.405. The molecule has 0 atom stereocenters. The molecule has 0 fully saturated rings. The van der Waals surface area contributed by atoms with Crippen LogP contribution in [0.5, 0.6) is 0 Å². The molecule has 4 heterocycles. The fraction of sp³-hybridized carbons (Fsp3) is 0.300. The monoisotopic (exact) mass is 420 g/mol. The predicted molar refractivity (Wildman–Crippen MR) is 114 cm³/mol. The molecule has 4 aromatic heterocycles. The molecule has 0 amide bonds. The van der Waals surface area contributed by atoms with Gasteiger partial charge in [-0.25, -0.2) is 9.97 Å². The Labute approximate surface area is 177 Å². The van der Waals surface area contributed by atoms with E-state index in [2.05, 4.69) is 30.7 Å². The first kappa shape index (κ1) is 20.2. The highest BCUT2D eigenvalue weighted by Crippen LogP contribution is 2.29. The number of nitrogens with one attached hydrogen (secondary N) is 1. The van der Waals surface area contributed by atoms with Crippen LogP contribution in [0.3, 0.4) is 0 Å². The van der Waals surface area contributed by atoms with Crippen LogP contribution in [-0.4, -0.2) is 47.5 Å². The van der Waals surface area contributed by atoms with Crippen molar-refractivity contribution in [3.8, 4) is 23.1 Å². The molecular formula is C20H21FN10. The van der Waals surface area contributed by atoms with Gasteiger partial charge in [-0.05, 0) is 26.3 Å². The molecule has 158 valence electrons. The Hall–Kier alpha value is -4.07. The summed E-state index contributed by atoms with van der Waals surface area (Å²) in [7, 11) is 0. The number of nitrogens with zero attached hydrogens (tertiary/aromatic N) is 8. The molecule has 0 radical (unpaired) electrons. The summed E-state index contributed by atoms with van der Waals surface area (Å²) in [6.07, 6.45) is 5.45. The van der Waals surface area contributed by atoms with Crippen LogP contribution >= 0.6 is 0 Å². The molecular weight excluding hydrogens is 399 g/mol. The number of aromatic nitrogens is 7. The first-order chi connectivity index (χ1) is 15.0. The largest absolute Gasteiger partial charge is 0.383 e. The third kappa shape index (κ3) is 4.00. The average molecular weight is 420 g/mol. The van der Waals surface area contributed by atoms with E-state index in [1.54, 1.807) is 34.0 Å². The Kier molecular flexibility index (Phi) is 5.44. The van der Waals surface area contributed by atoms with E-state index >= 15 is 0 Å². The standard InChI is InChI=1S/C20H21FN10/c1-12(2)26-16-7-18(24-10-15(16)17-11-30(29-28-17)5-3-4-21)31-20-14(9-25-31)6-13(8-22)19(23)27-20/h6-7,9-12H,3-5H2,1-2H3,(H2,23,27)(H,24,26). The van der Waals surface area contributed by atoms with Crippen molar-refractivity contribution in [3.05, 3.63) is 36.3 Å². The highest BCUT2D eigenvalue weighted by molar-refractivity contribution is 5.81. The minimum absolute atomic E-state index is 0.138. The number of nitrogen functional groups attached to an aromatic ring is 1. The van der Waals surface area contributed by atoms with Crippen LogP contribution in [0.25, 0.3) is 28.1 Å². The maximum atomic E-state index is 12.5. The van der Waals surface area contributed by atoms with Gasteiger partial charge in [-0.3, -0.25) is 9.07 Å². The molecule has 0 saturated heterocycles. The van der Waals surface area contributed by atoms with Crippen LogP contribution in [0, 0.1) is 11.3 Å². The lowest BCUT2D eigenvalue weighted by Gasteiger charge is -2.15. The van der Waals surface area contributed by atoms with Crippen molar-refractivity contribution in [1.82, 2.24) is 34.7 Å². The number of pyridine rings is 2. The summed E-state index contributed by atoms with van der Waals surface area (Å²) in [4.78, 5) is 8.86. The fourth-order valence-corrected chi connectivity index (χ4v) is 3.18. The maximum absolute atomic E-state index is 12.5. The molecule has 4 aromatic rings. The number of aryl methyl sites for hydroxylation is 1. The van der Waals surface area contributed by atoms with Gasteiger partial charge in [0, 0.05) is 41.5 Å². The van der Waals surface area contributed by atoms with Crippen molar-refractivity contribution >= 4 is 22.5 Å². The first-order valence-corrected chi connectivity index (χ1v) is 9.78. The molecule has 11 heteroatoms. The Morgan fingerprint density at radius 3 is 2.87 bits per heavy atom. The van der Waals surface area contributed by atoms with Crippen molar-refractivity contribution in [2.24, 2.45) is 0 Å². The molecule has 0 aliphatic heterocycles. The van der Waals surface area contributed by atoms with E-state index in [1.807, 2.05) is 26.0 Å². The molecule has 0 aliphatic carbocycles. The third-order valence-electron chi connectivity index (χ3n) is 4.58. The van der Waals surface area contributed by atoms with E-state index < -0.39 is 6.67 Å². The van der Waals surface area contributed by atoms with E-state index in [0.29, 0.717) is 41.1 Å². The second kappa shape index (κ2) is 8.35. The zero-order valence-corrected chi connectivity index (χ0v) is 17.1. The van der Waals surface area contributed by atoms with Crippen molar-refractivity contribution in [1.29, 1.82) is 5.26 Å². The maximum Gasteiger partial charge on any atom is 0.167 e. The summed E-state index contributed by atoms with van der Waals surface area (Å²) in [5.74, 6) is 0.669. The SMILES string of the molecule is CC(C)Nc1cc(-n2ncc3cc(C#N)c(N)nc32)ncc1-c1cn(CCCF)nn1. The van der Waals surface area contributed by atoms with E-state index in [4.69, 9.17) is 11.0 Å². The van der Waals surface area contributed by atoms with E-state index in [1.165, 1.54) is 0 Å². The zero-order chi connectivity index (χ0) is 22.0. The van der Waals surface area contributed by atoms with E-state index in [-0.39, 0.29) is 11.9 Å². The number of rotatable bonds is 7. The van der Waals surface area contributed by atoms with Gasteiger partial charge in [0.15, 0.2) is 11.5 Å². The minimum Gasteiger partial charge on any atom is -0.383 e. The van der Waals surface area contributed by atoms with Crippen molar-refractivity contribution in [2.45, 2.75) is 32.9 Å². The van der Waals surface area contributed by atoms with E-state index in [0.717, 1.165) is 11.3 Å². The highest BCUT2D eigenvalue weighted by atomic mass is 19.1. The lowest BCUT2D eigenvalue weighted by molar-refractivity contribution is 0.431. The highest BCUT2D eigenvalue weighted by Gasteiger charge is 2.16. The zero-order valence-electron chi connectivity index (χ0n) is 17.1. The molecule has 0 saturated carbocycles. The summed E-state index contributed by atoms with van der Waals surface area (Å²) in [6.45, 7) is 4.10. The quantitative estimate of drug-likeness (QED) is 0.466. The van der Waals surface area contributed by atoms with Gasteiger partial charge in [0.05, 0.1) is 24.6 Å². The molecule has 0 unspecified atom stereocenters. The second-order valence-corrected chi connectivity index (χ2v) is 7.30. The smallest absolute Gasteiger partial charge is 0.167 e. The Morgan fingerprint density at radius 1 is 1.29 bits per heavy atom. The van der Waals surface area contributed by atoms with Gasteiger partial charge in [0.25, 0.3) is 0 Å². The van der Waals surface area contributed by atoms with Gasteiger partial charge in [-0.2, -0.15) is 15.0 Å². The van der Waals surface area contributed by atoms with Crippen molar-refractivity contribution < 1.29 is 4.39 Å². The number of nitriles is 1. The number of anilines is 2. The predicted octanol–water partition coefficient (Wildman–Crippen LogP) is 2.71. The summed E-state index contributed by atoms with van der Waals surface area (Å²) in [5.41, 5.74) is 8.88. The molecule has 0 aliphatic rings. The molecule has 10 nitrogen and oxygen atoms in total. The summed E-state index contributed by atoms with van der Waals surface area (Å²) in [6, 6.07) is 5.67. The lowest BCUT2D eigenvalue weighted by atomic mass is 10.1. The van der Waals surface area contributed by atoms with E-state index in [9.17, 15) is 4.39 Å². The van der Waals surface area contributed by atoms with Crippen LogP contribution in [0.4, 0.5) is 15.9 Å².